The average Bonchev–Trinajstić information content (AvgIpc) is 2.46. The van der Waals surface area contributed by atoms with E-state index in [2.05, 4.69) is 54.9 Å². The van der Waals surface area contributed by atoms with Gasteiger partial charge in [-0.1, -0.05) is 26.6 Å². The zero-order valence-corrected chi connectivity index (χ0v) is 16.3. The number of anilines is 1. The Hall–Kier alpha value is -2.22. The number of rotatable bonds is 4. The monoisotopic (exact) mass is 368 g/mol. The molecule has 1 aromatic rings. The molecular formula is C12H24N8O2Si2. The van der Waals surface area contributed by atoms with Crippen molar-refractivity contribution < 1.29 is 4.46 Å². The van der Waals surface area contributed by atoms with E-state index in [9.17, 15) is 9.26 Å². The van der Waals surface area contributed by atoms with Crippen molar-refractivity contribution in [3.8, 4) is 0 Å². The van der Waals surface area contributed by atoms with Gasteiger partial charge in [-0.05, 0) is 6.04 Å². The molecule has 12 heteroatoms. The van der Waals surface area contributed by atoms with Crippen LogP contribution in [0.3, 0.4) is 0 Å². The van der Waals surface area contributed by atoms with Crippen LogP contribution in [0.5, 0.6) is 0 Å². The van der Waals surface area contributed by atoms with Gasteiger partial charge in [0.2, 0.25) is 5.95 Å². The molecule has 0 spiro atoms. The third-order valence-electron chi connectivity index (χ3n) is 2.63. The van der Waals surface area contributed by atoms with Crippen LogP contribution < -0.4 is 21.7 Å². The summed E-state index contributed by atoms with van der Waals surface area (Å²) >= 11 is 0. The number of guanidine groups is 1. The van der Waals surface area contributed by atoms with Crippen LogP contribution in [0.25, 0.3) is 0 Å². The molecule has 132 valence electrons. The maximum absolute atomic E-state index is 11.5. The quantitative estimate of drug-likeness (QED) is 0.542. The lowest BCUT2D eigenvalue weighted by molar-refractivity contribution is 0.552. The molecule has 5 N–H and O–H groups in total. The topological polar surface area (TPSA) is 151 Å². The van der Waals surface area contributed by atoms with E-state index >= 15 is 0 Å². The molecule has 24 heavy (non-hydrogen) atoms. The molecule has 0 radical (unpaired) electrons. The molecule has 0 saturated heterocycles. The van der Waals surface area contributed by atoms with Crippen LogP contribution in [0.1, 0.15) is 6.92 Å². The Bertz CT molecular complexity index is 668. The minimum absolute atomic E-state index is 0.0880. The first-order chi connectivity index (χ1) is 11.2. The molecular weight excluding hydrogens is 344 g/mol. The molecule has 1 unspecified atom stereocenters. The Morgan fingerprint density at radius 1 is 1.38 bits per heavy atom. The van der Waals surface area contributed by atoms with Gasteiger partial charge in [-0.25, -0.2) is 19.8 Å². The summed E-state index contributed by atoms with van der Waals surface area (Å²) in [7, 11) is -2.91. The summed E-state index contributed by atoms with van der Waals surface area (Å²) in [6.45, 7) is 8.55. The van der Waals surface area contributed by atoms with Crippen LogP contribution in [0.2, 0.25) is 31.7 Å². The smallest absolute Gasteiger partial charge is 0.349 e. The molecule has 0 amide bonds. The number of H-pyrrole nitrogens is 1. The zero-order chi connectivity index (χ0) is 18.2. The van der Waals surface area contributed by atoms with Gasteiger partial charge in [0.25, 0.3) is 8.68 Å². The van der Waals surface area contributed by atoms with E-state index in [0.29, 0.717) is 6.04 Å². The van der Waals surface area contributed by atoms with Gasteiger partial charge in [-0.15, -0.1) is 0 Å². The van der Waals surface area contributed by atoms with Gasteiger partial charge in [-0.2, -0.15) is 4.98 Å². The SMILES string of the molecule is CC[Si](=O)CC1N=CNC(N[Si](C)(C)C)=N1.Nc1ncnc(=O)[nH]1. The van der Waals surface area contributed by atoms with E-state index in [1.165, 1.54) is 0 Å². The summed E-state index contributed by atoms with van der Waals surface area (Å²) in [4.78, 5) is 31.0. The van der Waals surface area contributed by atoms with E-state index in [4.69, 9.17) is 5.73 Å². The van der Waals surface area contributed by atoms with Gasteiger partial charge in [0, 0.05) is 6.04 Å². The van der Waals surface area contributed by atoms with Crippen molar-refractivity contribution in [2.45, 2.75) is 44.8 Å². The predicted molar refractivity (Wildman–Crippen MR) is 98.1 cm³/mol. The number of hydrogen-bond donors (Lipinski definition) is 4. The van der Waals surface area contributed by atoms with Crippen molar-refractivity contribution >= 4 is 35.2 Å². The highest BCUT2D eigenvalue weighted by atomic mass is 28.3. The summed E-state index contributed by atoms with van der Waals surface area (Å²) in [5.41, 5.74) is 4.58. The van der Waals surface area contributed by atoms with Crippen molar-refractivity contribution in [1.82, 2.24) is 25.3 Å². The van der Waals surface area contributed by atoms with E-state index in [0.717, 1.165) is 18.3 Å². The third-order valence-corrected chi connectivity index (χ3v) is 5.23. The van der Waals surface area contributed by atoms with E-state index in [1.54, 1.807) is 6.34 Å². The number of nitrogens with one attached hydrogen (secondary N) is 3. The van der Waals surface area contributed by atoms with Crippen LogP contribution in [0.4, 0.5) is 5.95 Å². The fourth-order valence-electron chi connectivity index (χ4n) is 1.59. The molecule has 0 saturated carbocycles. The molecule has 0 fully saturated rings. The van der Waals surface area contributed by atoms with Crippen molar-refractivity contribution in [2.75, 3.05) is 5.73 Å². The summed E-state index contributed by atoms with van der Waals surface area (Å²) in [5.74, 6) is 0.857. The Kier molecular flexibility index (Phi) is 7.58. The number of aromatic amines is 1. The first-order valence-corrected chi connectivity index (χ1v) is 12.8. The van der Waals surface area contributed by atoms with E-state index < -0.39 is 22.6 Å². The summed E-state index contributed by atoms with van der Waals surface area (Å²) < 4.78 is 11.5. The lowest BCUT2D eigenvalue weighted by Gasteiger charge is -2.23. The van der Waals surface area contributed by atoms with Crippen molar-refractivity contribution in [3.05, 3.63) is 16.8 Å². The van der Waals surface area contributed by atoms with Gasteiger partial charge in [-0.3, -0.25) is 4.98 Å². The Labute approximate surface area is 142 Å². The molecule has 0 aromatic carbocycles. The summed E-state index contributed by atoms with van der Waals surface area (Å²) in [6.07, 6.45) is 2.57. The van der Waals surface area contributed by atoms with Gasteiger partial charge in [0.05, 0.1) is 6.34 Å². The van der Waals surface area contributed by atoms with Crippen molar-refractivity contribution in [3.63, 3.8) is 0 Å². The first kappa shape index (κ1) is 19.8. The number of nitrogens with two attached hydrogens (primary N) is 1. The van der Waals surface area contributed by atoms with Gasteiger partial charge >= 0.3 is 5.69 Å². The standard InChI is InChI=1S/C9H20N4OSi2.C3H4N4O/c1-5-15(14)6-8-10-7-11-9(12-8)13-16(2,3)4;4-2-5-1-6-3(8)7-2/h7-8H,5-6H2,1-4H3,(H2,10,11,12,13);1H,(H3,4,5,6,7,8). The number of aliphatic imine (C=N–C) groups is 2. The van der Waals surface area contributed by atoms with Gasteiger partial charge in [0.1, 0.15) is 20.7 Å². The lowest BCUT2D eigenvalue weighted by atomic mass is 10.6. The second kappa shape index (κ2) is 9.17. The van der Waals surface area contributed by atoms with Crippen LogP contribution >= 0.6 is 0 Å². The van der Waals surface area contributed by atoms with Crippen LogP contribution in [0, 0.1) is 0 Å². The molecule has 2 heterocycles. The number of hydrogen-bond acceptors (Lipinski definition) is 9. The fraction of sp³-hybridized carbons (Fsp3) is 0.583. The second-order valence-electron chi connectivity index (χ2n) is 6.04. The first-order valence-electron chi connectivity index (χ1n) is 7.52. The highest BCUT2D eigenvalue weighted by Gasteiger charge is 2.19. The molecule has 1 atom stereocenters. The van der Waals surface area contributed by atoms with Gasteiger partial charge < -0.3 is 20.5 Å². The molecule has 2 rings (SSSR count). The van der Waals surface area contributed by atoms with Gasteiger partial charge in [0.15, 0.2) is 5.96 Å². The number of nitrogen functional groups attached to an aromatic ring is 1. The number of aromatic nitrogens is 3. The van der Waals surface area contributed by atoms with Crippen LogP contribution in [-0.2, 0) is 4.46 Å². The Morgan fingerprint density at radius 2 is 2.08 bits per heavy atom. The molecule has 0 bridgehead atoms. The second-order valence-corrected chi connectivity index (χ2v) is 13.0. The maximum atomic E-state index is 11.5. The predicted octanol–water partition coefficient (Wildman–Crippen LogP) is -0.0865. The van der Waals surface area contributed by atoms with Crippen molar-refractivity contribution in [1.29, 1.82) is 0 Å². The average molecular weight is 369 g/mol. The van der Waals surface area contributed by atoms with Crippen LogP contribution in [0.15, 0.2) is 21.1 Å². The third kappa shape index (κ3) is 8.43. The minimum Gasteiger partial charge on any atom is -0.388 e. The number of nitrogens with zero attached hydrogens (tertiary/aromatic N) is 4. The largest absolute Gasteiger partial charge is 0.388 e. The fourth-order valence-corrected chi connectivity index (χ4v) is 3.33. The van der Waals surface area contributed by atoms with Crippen LogP contribution in [-0.4, -0.2) is 50.3 Å². The van der Waals surface area contributed by atoms with Crippen molar-refractivity contribution in [2.24, 2.45) is 9.98 Å². The molecule has 1 aliphatic heterocycles. The zero-order valence-electron chi connectivity index (χ0n) is 14.3. The molecule has 0 aliphatic carbocycles. The molecule has 10 nitrogen and oxygen atoms in total. The summed E-state index contributed by atoms with van der Waals surface area (Å²) in [6, 6.07) is 1.31. The maximum Gasteiger partial charge on any atom is 0.349 e. The highest BCUT2D eigenvalue weighted by Crippen LogP contribution is 2.06. The summed E-state index contributed by atoms with van der Waals surface area (Å²) in [5, 5.41) is 2.99. The minimum atomic E-state index is -1.51. The Balaban J connectivity index is 0.000000300. The van der Waals surface area contributed by atoms with E-state index in [-0.39, 0.29) is 12.1 Å². The lowest BCUT2D eigenvalue weighted by Crippen LogP contribution is -2.52. The molecule has 1 aliphatic rings. The highest BCUT2D eigenvalue weighted by molar-refractivity contribution is 6.75. The molecule has 1 aromatic heterocycles. The van der Waals surface area contributed by atoms with E-state index in [1.807, 2.05) is 6.92 Å². The Morgan fingerprint density at radius 3 is 2.58 bits per heavy atom. The normalized spacial score (nSPS) is 16.3.